The van der Waals surface area contributed by atoms with Gasteiger partial charge in [0.2, 0.25) is 0 Å². The van der Waals surface area contributed by atoms with E-state index < -0.39 is 0 Å². The van der Waals surface area contributed by atoms with Crippen LogP contribution in [0.3, 0.4) is 0 Å². The summed E-state index contributed by atoms with van der Waals surface area (Å²) >= 11 is 1.25. The Kier molecular flexibility index (Phi) is 5.60. The van der Waals surface area contributed by atoms with E-state index in [-0.39, 0.29) is 11.9 Å². The van der Waals surface area contributed by atoms with Crippen molar-refractivity contribution in [3.63, 3.8) is 0 Å². The standard InChI is InChI=1S/C13H24N4OS/c1-6-9(7(2)3)16-13-10(11(14)17-19-13)12(18)15-8(4)5/h7-9,16H,6H2,1-5H3,(H2,14,17)(H,15,18). The molecule has 1 heterocycles. The highest BCUT2D eigenvalue weighted by Gasteiger charge is 2.22. The summed E-state index contributed by atoms with van der Waals surface area (Å²) in [5.41, 5.74) is 6.28. The molecular weight excluding hydrogens is 260 g/mol. The summed E-state index contributed by atoms with van der Waals surface area (Å²) in [5.74, 6) is 0.612. The minimum Gasteiger partial charge on any atom is -0.382 e. The van der Waals surface area contributed by atoms with Crippen LogP contribution < -0.4 is 16.4 Å². The van der Waals surface area contributed by atoms with Crippen LogP contribution in [0.15, 0.2) is 0 Å². The van der Waals surface area contributed by atoms with Gasteiger partial charge in [-0.25, -0.2) is 0 Å². The summed E-state index contributed by atoms with van der Waals surface area (Å²) < 4.78 is 4.09. The lowest BCUT2D eigenvalue weighted by Gasteiger charge is -2.21. The number of rotatable bonds is 6. The predicted octanol–water partition coefficient (Wildman–Crippen LogP) is 2.71. The number of hydrogen-bond donors (Lipinski definition) is 3. The SMILES string of the molecule is CCC(Nc1snc(N)c1C(=O)NC(C)C)C(C)C. The highest BCUT2D eigenvalue weighted by atomic mass is 32.1. The average molecular weight is 284 g/mol. The molecule has 0 aliphatic rings. The molecule has 0 spiro atoms. The zero-order valence-corrected chi connectivity index (χ0v) is 13.1. The summed E-state index contributed by atoms with van der Waals surface area (Å²) in [7, 11) is 0. The number of hydrogen-bond acceptors (Lipinski definition) is 5. The average Bonchev–Trinajstić information content (AvgIpc) is 2.65. The molecule has 1 aromatic heterocycles. The topological polar surface area (TPSA) is 80.0 Å². The lowest BCUT2D eigenvalue weighted by molar-refractivity contribution is 0.0945. The molecule has 6 heteroatoms. The molecule has 0 aliphatic heterocycles. The second-order valence-corrected chi connectivity index (χ2v) is 6.08. The molecule has 0 aliphatic carbocycles. The van der Waals surface area contributed by atoms with Crippen molar-refractivity contribution >= 4 is 28.3 Å². The summed E-state index contributed by atoms with van der Waals surface area (Å²) in [6.07, 6.45) is 0.987. The number of anilines is 2. The molecule has 1 unspecified atom stereocenters. The van der Waals surface area contributed by atoms with Crippen molar-refractivity contribution in [1.29, 1.82) is 0 Å². The summed E-state index contributed by atoms with van der Waals surface area (Å²) in [4.78, 5) is 12.1. The first kappa shape index (κ1) is 15.8. The number of nitrogens with one attached hydrogen (secondary N) is 2. The Bertz CT molecular complexity index is 428. The van der Waals surface area contributed by atoms with E-state index in [2.05, 4.69) is 35.8 Å². The van der Waals surface area contributed by atoms with Crippen LogP contribution in [-0.2, 0) is 0 Å². The van der Waals surface area contributed by atoms with Gasteiger partial charge in [-0.15, -0.1) is 0 Å². The number of nitrogens with zero attached hydrogens (tertiary/aromatic N) is 1. The maximum atomic E-state index is 12.1. The number of carbonyl (C=O) groups is 1. The van der Waals surface area contributed by atoms with Crippen LogP contribution in [0.5, 0.6) is 0 Å². The number of aromatic nitrogens is 1. The van der Waals surface area contributed by atoms with Gasteiger partial charge in [-0.3, -0.25) is 4.79 Å². The largest absolute Gasteiger partial charge is 0.382 e. The quantitative estimate of drug-likeness (QED) is 0.750. The molecule has 108 valence electrons. The number of nitrogens with two attached hydrogens (primary N) is 1. The highest BCUT2D eigenvalue weighted by Crippen LogP contribution is 2.29. The van der Waals surface area contributed by atoms with Gasteiger partial charge >= 0.3 is 0 Å². The smallest absolute Gasteiger partial charge is 0.258 e. The van der Waals surface area contributed by atoms with Crippen molar-refractivity contribution in [2.24, 2.45) is 5.92 Å². The first-order valence-electron chi connectivity index (χ1n) is 6.69. The molecule has 0 radical (unpaired) electrons. The molecule has 1 rings (SSSR count). The van der Waals surface area contributed by atoms with Crippen molar-refractivity contribution in [3.05, 3.63) is 5.56 Å². The molecule has 5 nitrogen and oxygen atoms in total. The van der Waals surface area contributed by atoms with Gasteiger partial charge in [0.25, 0.3) is 5.91 Å². The third-order valence-corrected chi connectivity index (χ3v) is 3.72. The molecule has 0 saturated heterocycles. The summed E-state index contributed by atoms with van der Waals surface area (Å²) in [5, 5.41) is 7.00. The van der Waals surface area contributed by atoms with E-state index in [9.17, 15) is 4.79 Å². The van der Waals surface area contributed by atoms with Gasteiger partial charge in [-0.1, -0.05) is 20.8 Å². The summed E-state index contributed by atoms with van der Waals surface area (Å²) in [6, 6.07) is 0.386. The van der Waals surface area contributed by atoms with Crippen molar-refractivity contribution in [1.82, 2.24) is 9.69 Å². The number of nitrogen functional groups attached to an aromatic ring is 1. The van der Waals surface area contributed by atoms with Gasteiger partial charge in [0, 0.05) is 12.1 Å². The minimum absolute atomic E-state index is 0.0757. The van der Waals surface area contributed by atoms with E-state index in [1.165, 1.54) is 11.5 Å². The Balaban J connectivity index is 2.94. The van der Waals surface area contributed by atoms with E-state index >= 15 is 0 Å². The lowest BCUT2D eigenvalue weighted by Crippen LogP contribution is -2.32. The van der Waals surface area contributed by atoms with Gasteiger partial charge in [0.15, 0.2) is 5.82 Å². The molecule has 4 N–H and O–H groups in total. The first-order valence-corrected chi connectivity index (χ1v) is 7.46. The first-order chi connectivity index (χ1) is 8.86. The van der Waals surface area contributed by atoms with E-state index in [4.69, 9.17) is 5.73 Å². The Hall–Kier alpha value is -1.30. The normalized spacial score (nSPS) is 12.8. The van der Waals surface area contributed by atoms with Crippen LogP contribution >= 0.6 is 11.5 Å². The molecule has 1 atom stereocenters. The number of amides is 1. The van der Waals surface area contributed by atoms with Crippen LogP contribution in [-0.4, -0.2) is 22.4 Å². The van der Waals surface area contributed by atoms with Crippen LogP contribution in [0, 0.1) is 5.92 Å². The molecule has 1 aromatic rings. The maximum Gasteiger partial charge on any atom is 0.258 e. The third-order valence-electron chi connectivity index (χ3n) is 2.93. The van der Waals surface area contributed by atoms with E-state index in [0.717, 1.165) is 11.4 Å². The molecular formula is C13H24N4OS. The Labute approximate surface area is 119 Å². The minimum atomic E-state index is -0.164. The van der Waals surface area contributed by atoms with Gasteiger partial charge in [0.1, 0.15) is 10.6 Å². The van der Waals surface area contributed by atoms with Gasteiger partial charge < -0.3 is 16.4 Å². The molecule has 0 saturated carbocycles. The Morgan fingerprint density at radius 3 is 2.47 bits per heavy atom. The van der Waals surface area contributed by atoms with Crippen LogP contribution in [0.1, 0.15) is 51.4 Å². The predicted molar refractivity (Wildman–Crippen MR) is 81.7 cm³/mol. The van der Waals surface area contributed by atoms with Gasteiger partial charge in [-0.2, -0.15) is 4.37 Å². The molecule has 0 bridgehead atoms. The zero-order valence-electron chi connectivity index (χ0n) is 12.3. The van der Waals surface area contributed by atoms with E-state index in [1.54, 1.807) is 0 Å². The third kappa shape index (κ3) is 4.09. The van der Waals surface area contributed by atoms with E-state index in [1.807, 2.05) is 13.8 Å². The zero-order chi connectivity index (χ0) is 14.6. The van der Waals surface area contributed by atoms with Crippen molar-refractivity contribution in [2.75, 3.05) is 11.1 Å². The second-order valence-electron chi connectivity index (χ2n) is 5.30. The lowest BCUT2D eigenvalue weighted by atomic mass is 10.0. The second kappa shape index (κ2) is 6.75. The molecule has 0 aromatic carbocycles. The fraction of sp³-hybridized carbons (Fsp3) is 0.692. The molecule has 0 fully saturated rings. The highest BCUT2D eigenvalue weighted by molar-refractivity contribution is 7.11. The molecule has 1 amide bonds. The van der Waals surface area contributed by atoms with E-state index in [0.29, 0.717) is 23.3 Å². The number of carbonyl (C=O) groups excluding carboxylic acids is 1. The van der Waals surface area contributed by atoms with Crippen molar-refractivity contribution < 1.29 is 4.79 Å². The maximum absolute atomic E-state index is 12.1. The summed E-state index contributed by atoms with van der Waals surface area (Å²) in [6.45, 7) is 10.3. The molecule has 19 heavy (non-hydrogen) atoms. The van der Waals surface area contributed by atoms with Crippen molar-refractivity contribution in [2.45, 2.75) is 53.1 Å². The fourth-order valence-electron chi connectivity index (χ4n) is 1.86. The van der Waals surface area contributed by atoms with Gasteiger partial charge in [0.05, 0.1) is 0 Å². The monoisotopic (exact) mass is 284 g/mol. The Morgan fingerprint density at radius 2 is 2.00 bits per heavy atom. The van der Waals surface area contributed by atoms with Gasteiger partial charge in [-0.05, 0) is 37.7 Å². The fourth-order valence-corrected chi connectivity index (χ4v) is 2.64. The van der Waals surface area contributed by atoms with Crippen LogP contribution in [0.25, 0.3) is 0 Å². The van der Waals surface area contributed by atoms with Crippen LogP contribution in [0.2, 0.25) is 0 Å². The Morgan fingerprint density at radius 1 is 1.37 bits per heavy atom. The van der Waals surface area contributed by atoms with Crippen LogP contribution in [0.4, 0.5) is 10.8 Å². The van der Waals surface area contributed by atoms with Crippen molar-refractivity contribution in [3.8, 4) is 0 Å².